The van der Waals surface area contributed by atoms with Crippen molar-refractivity contribution < 1.29 is 4.39 Å². The van der Waals surface area contributed by atoms with Crippen LogP contribution in [0.1, 0.15) is 30.4 Å². The molecule has 76 valence electrons. The van der Waals surface area contributed by atoms with Crippen LogP contribution in [0.5, 0.6) is 0 Å². The molecular formula is C11H13BrFN. The lowest BCUT2D eigenvalue weighted by Gasteiger charge is -2.38. The van der Waals surface area contributed by atoms with Crippen LogP contribution in [0.25, 0.3) is 0 Å². The van der Waals surface area contributed by atoms with E-state index in [-0.39, 0.29) is 5.54 Å². The molecular weight excluding hydrogens is 245 g/mol. The minimum atomic E-state index is -0.432. The fraction of sp³-hybridized carbons (Fsp3) is 0.455. The van der Waals surface area contributed by atoms with E-state index in [0.29, 0.717) is 5.56 Å². The SMILES string of the molecule is NC1(c2ccc(CF)c(Br)c2)CCC1. The van der Waals surface area contributed by atoms with Gasteiger partial charge in [0.2, 0.25) is 0 Å². The maximum atomic E-state index is 12.4. The molecule has 0 saturated heterocycles. The van der Waals surface area contributed by atoms with Gasteiger partial charge in [-0.05, 0) is 36.5 Å². The normalized spacial score (nSPS) is 19.1. The van der Waals surface area contributed by atoms with E-state index in [0.717, 1.165) is 22.9 Å². The van der Waals surface area contributed by atoms with Crippen molar-refractivity contribution in [2.45, 2.75) is 31.5 Å². The molecule has 1 fully saturated rings. The molecule has 3 heteroatoms. The molecule has 1 aromatic rings. The first-order valence-corrected chi connectivity index (χ1v) is 5.59. The van der Waals surface area contributed by atoms with Crippen LogP contribution in [0.3, 0.4) is 0 Å². The van der Waals surface area contributed by atoms with Gasteiger partial charge in [-0.2, -0.15) is 0 Å². The van der Waals surface area contributed by atoms with Crippen LogP contribution in [-0.4, -0.2) is 0 Å². The Morgan fingerprint density at radius 1 is 1.43 bits per heavy atom. The number of rotatable bonds is 2. The van der Waals surface area contributed by atoms with Gasteiger partial charge in [0.25, 0.3) is 0 Å². The zero-order chi connectivity index (χ0) is 10.2. The molecule has 0 radical (unpaired) electrons. The van der Waals surface area contributed by atoms with Crippen molar-refractivity contribution >= 4 is 15.9 Å². The number of halogens is 2. The van der Waals surface area contributed by atoms with E-state index in [1.807, 2.05) is 18.2 Å². The van der Waals surface area contributed by atoms with Crippen molar-refractivity contribution in [2.24, 2.45) is 5.73 Å². The smallest absolute Gasteiger partial charge is 0.116 e. The van der Waals surface area contributed by atoms with E-state index in [1.54, 1.807) is 0 Å². The summed E-state index contributed by atoms with van der Waals surface area (Å²) in [6.45, 7) is -0.432. The van der Waals surface area contributed by atoms with Gasteiger partial charge in [-0.15, -0.1) is 0 Å². The molecule has 1 aliphatic carbocycles. The summed E-state index contributed by atoms with van der Waals surface area (Å²) in [5.74, 6) is 0. The molecule has 2 N–H and O–H groups in total. The fourth-order valence-corrected chi connectivity index (χ4v) is 2.30. The van der Waals surface area contributed by atoms with E-state index >= 15 is 0 Å². The third-order valence-electron chi connectivity index (χ3n) is 3.02. The van der Waals surface area contributed by atoms with Gasteiger partial charge in [-0.3, -0.25) is 0 Å². The Kier molecular flexibility index (Phi) is 2.62. The predicted octanol–water partition coefficient (Wildman–Crippen LogP) is 3.26. The lowest BCUT2D eigenvalue weighted by atomic mass is 9.73. The largest absolute Gasteiger partial charge is 0.321 e. The predicted molar refractivity (Wildman–Crippen MR) is 58.7 cm³/mol. The van der Waals surface area contributed by atoms with Crippen molar-refractivity contribution in [1.82, 2.24) is 0 Å². The average molecular weight is 258 g/mol. The Balaban J connectivity index is 2.32. The number of hydrogen-bond acceptors (Lipinski definition) is 1. The summed E-state index contributed by atoms with van der Waals surface area (Å²) in [4.78, 5) is 0. The third kappa shape index (κ3) is 1.59. The first kappa shape index (κ1) is 10.1. The Labute approximate surface area is 91.6 Å². The highest BCUT2D eigenvalue weighted by Gasteiger charge is 2.34. The zero-order valence-electron chi connectivity index (χ0n) is 7.89. The number of hydrogen-bond donors (Lipinski definition) is 1. The number of benzene rings is 1. The molecule has 1 aromatic carbocycles. The minimum Gasteiger partial charge on any atom is -0.321 e. The highest BCUT2D eigenvalue weighted by Crippen LogP contribution is 2.39. The summed E-state index contributed by atoms with van der Waals surface area (Å²) >= 11 is 3.36. The molecule has 1 saturated carbocycles. The first-order chi connectivity index (χ1) is 6.65. The monoisotopic (exact) mass is 257 g/mol. The maximum absolute atomic E-state index is 12.4. The lowest BCUT2D eigenvalue weighted by Crippen LogP contribution is -2.43. The summed E-state index contributed by atoms with van der Waals surface area (Å²) < 4.78 is 13.3. The van der Waals surface area contributed by atoms with E-state index in [9.17, 15) is 4.39 Å². The van der Waals surface area contributed by atoms with Crippen LogP contribution in [0.4, 0.5) is 4.39 Å². The lowest BCUT2D eigenvalue weighted by molar-refractivity contribution is 0.253. The number of alkyl halides is 1. The molecule has 0 bridgehead atoms. The molecule has 0 heterocycles. The highest BCUT2D eigenvalue weighted by atomic mass is 79.9. The molecule has 0 atom stereocenters. The summed E-state index contributed by atoms with van der Waals surface area (Å²) in [7, 11) is 0. The van der Waals surface area contributed by atoms with Gasteiger partial charge in [-0.1, -0.05) is 28.1 Å². The van der Waals surface area contributed by atoms with Gasteiger partial charge in [-0.25, -0.2) is 4.39 Å². The van der Waals surface area contributed by atoms with Crippen molar-refractivity contribution in [2.75, 3.05) is 0 Å². The Morgan fingerprint density at radius 2 is 2.14 bits per heavy atom. The van der Waals surface area contributed by atoms with E-state index in [4.69, 9.17) is 5.73 Å². The van der Waals surface area contributed by atoms with Gasteiger partial charge in [0, 0.05) is 10.0 Å². The van der Waals surface area contributed by atoms with E-state index in [1.165, 1.54) is 6.42 Å². The summed E-state index contributed by atoms with van der Waals surface area (Å²) in [5.41, 5.74) is 7.82. The Bertz CT molecular complexity index is 347. The number of nitrogens with two attached hydrogens (primary N) is 1. The molecule has 0 unspecified atom stereocenters. The third-order valence-corrected chi connectivity index (χ3v) is 3.76. The van der Waals surface area contributed by atoms with Crippen LogP contribution < -0.4 is 5.73 Å². The summed E-state index contributed by atoms with van der Waals surface area (Å²) in [6, 6.07) is 5.71. The van der Waals surface area contributed by atoms with Gasteiger partial charge < -0.3 is 5.73 Å². The minimum absolute atomic E-state index is 0.155. The van der Waals surface area contributed by atoms with Gasteiger partial charge in [0.1, 0.15) is 6.67 Å². The molecule has 0 aliphatic heterocycles. The second-order valence-corrected chi connectivity index (χ2v) is 4.80. The van der Waals surface area contributed by atoms with Crippen molar-refractivity contribution in [1.29, 1.82) is 0 Å². The van der Waals surface area contributed by atoms with Crippen LogP contribution in [0.2, 0.25) is 0 Å². The summed E-state index contributed by atoms with van der Waals surface area (Å²) in [6.07, 6.45) is 3.27. The average Bonchev–Trinajstić information content (AvgIpc) is 2.14. The molecule has 0 aromatic heterocycles. The first-order valence-electron chi connectivity index (χ1n) is 4.79. The fourth-order valence-electron chi connectivity index (χ4n) is 1.81. The van der Waals surface area contributed by atoms with Crippen LogP contribution >= 0.6 is 15.9 Å². The summed E-state index contributed by atoms with van der Waals surface area (Å²) in [5, 5.41) is 0. The van der Waals surface area contributed by atoms with Crippen LogP contribution in [0, 0.1) is 0 Å². The van der Waals surface area contributed by atoms with E-state index in [2.05, 4.69) is 15.9 Å². The highest BCUT2D eigenvalue weighted by molar-refractivity contribution is 9.10. The van der Waals surface area contributed by atoms with Crippen LogP contribution in [-0.2, 0) is 12.2 Å². The molecule has 14 heavy (non-hydrogen) atoms. The second kappa shape index (κ2) is 3.63. The molecule has 1 nitrogen and oxygen atoms in total. The molecule has 0 amide bonds. The Morgan fingerprint density at radius 3 is 2.57 bits per heavy atom. The quantitative estimate of drug-likeness (QED) is 0.865. The zero-order valence-corrected chi connectivity index (χ0v) is 9.48. The Hall–Kier alpha value is -0.410. The van der Waals surface area contributed by atoms with Gasteiger partial charge in [0.15, 0.2) is 0 Å². The van der Waals surface area contributed by atoms with Gasteiger partial charge in [0.05, 0.1) is 0 Å². The van der Waals surface area contributed by atoms with E-state index < -0.39 is 6.67 Å². The molecule has 1 aliphatic rings. The van der Waals surface area contributed by atoms with Crippen molar-refractivity contribution in [3.05, 3.63) is 33.8 Å². The topological polar surface area (TPSA) is 26.0 Å². The maximum Gasteiger partial charge on any atom is 0.116 e. The standard InChI is InChI=1S/C11H13BrFN/c12-10-6-9(3-2-8(10)7-13)11(14)4-1-5-11/h2-3,6H,1,4-5,7,14H2. The second-order valence-electron chi connectivity index (χ2n) is 3.95. The van der Waals surface area contributed by atoms with Gasteiger partial charge >= 0.3 is 0 Å². The van der Waals surface area contributed by atoms with Crippen molar-refractivity contribution in [3.63, 3.8) is 0 Å². The van der Waals surface area contributed by atoms with Crippen LogP contribution in [0.15, 0.2) is 22.7 Å². The molecule has 0 spiro atoms. The van der Waals surface area contributed by atoms with Crippen molar-refractivity contribution in [3.8, 4) is 0 Å². The molecule has 2 rings (SSSR count).